The van der Waals surface area contributed by atoms with Crippen LogP contribution in [-0.4, -0.2) is 36.7 Å². The zero-order valence-electron chi connectivity index (χ0n) is 14.6. The highest BCUT2D eigenvalue weighted by Crippen LogP contribution is 2.31. The number of nitrogens with zero attached hydrogens (tertiary/aromatic N) is 1. The van der Waals surface area contributed by atoms with Gasteiger partial charge >= 0.3 is 6.09 Å². The van der Waals surface area contributed by atoms with E-state index in [1.54, 1.807) is 0 Å². The Hall–Kier alpha value is -2.33. The van der Waals surface area contributed by atoms with Crippen LogP contribution in [0.1, 0.15) is 18.4 Å². The number of ether oxygens (including phenoxy) is 1. The molecule has 0 radical (unpaired) electrons. The number of aryl methyl sites for hydroxylation is 1. The van der Waals surface area contributed by atoms with Crippen LogP contribution >= 0.6 is 0 Å². The molecule has 3 saturated heterocycles. The fourth-order valence-corrected chi connectivity index (χ4v) is 3.95. The van der Waals surface area contributed by atoms with E-state index in [4.69, 9.17) is 4.74 Å². The quantitative estimate of drug-likeness (QED) is 0.908. The van der Waals surface area contributed by atoms with E-state index < -0.39 is 0 Å². The first-order chi connectivity index (χ1) is 12.2. The normalized spacial score (nSPS) is 24.8. The largest absolute Gasteiger partial charge is 0.444 e. The van der Waals surface area contributed by atoms with Crippen LogP contribution < -0.4 is 5.32 Å². The van der Waals surface area contributed by atoms with Gasteiger partial charge in [0.05, 0.1) is 5.69 Å². The minimum Gasteiger partial charge on any atom is -0.444 e. The summed E-state index contributed by atoms with van der Waals surface area (Å²) in [6.45, 7) is 5.18. The summed E-state index contributed by atoms with van der Waals surface area (Å²) in [5.41, 5.74) is 4.01. The Labute approximate surface area is 148 Å². The number of rotatable bonds is 3. The van der Waals surface area contributed by atoms with Gasteiger partial charge in [0.25, 0.3) is 0 Å². The van der Waals surface area contributed by atoms with E-state index >= 15 is 0 Å². The van der Waals surface area contributed by atoms with E-state index in [1.165, 1.54) is 0 Å². The van der Waals surface area contributed by atoms with E-state index in [0.29, 0.717) is 5.92 Å². The molecule has 3 fully saturated rings. The lowest BCUT2D eigenvalue weighted by Gasteiger charge is -2.43. The topological polar surface area (TPSA) is 41.6 Å². The van der Waals surface area contributed by atoms with Gasteiger partial charge in [-0.1, -0.05) is 42.5 Å². The first kappa shape index (κ1) is 16.2. The van der Waals surface area contributed by atoms with Crippen LogP contribution in [0.15, 0.2) is 48.5 Å². The van der Waals surface area contributed by atoms with Crippen molar-refractivity contribution in [2.75, 3.05) is 25.0 Å². The van der Waals surface area contributed by atoms with Crippen molar-refractivity contribution in [2.24, 2.45) is 5.92 Å². The highest BCUT2D eigenvalue weighted by atomic mass is 16.6. The third kappa shape index (κ3) is 3.54. The summed E-state index contributed by atoms with van der Waals surface area (Å²) in [5, 5.41) is 2.98. The maximum absolute atomic E-state index is 12.5. The smallest absolute Gasteiger partial charge is 0.411 e. The second-order valence-electron chi connectivity index (χ2n) is 7.12. The third-order valence-corrected chi connectivity index (χ3v) is 5.35. The molecule has 2 aromatic rings. The number of fused-ring (bicyclic) bond motifs is 3. The van der Waals surface area contributed by atoms with Crippen molar-refractivity contribution in [1.82, 2.24) is 4.90 Å². The lowest BCUT2D eigenvalue weighted by Crippen LogP contribution is -2.52. The first-order valence-electron chi connectivity index (χ1n) is 9.05. The Morgan fingerprint density at radius 3 is 2.56 bits per heavy atom. The summed E-state index contributed by atoms with van der Waals surface area (Å²) in [5.74, 6) is 0.516. The van der Waals surface area contributed by atoms with Gasteiger partial charge in [0.15, 0.2) is 0 Å². The Morgan fingerprint density at radius 1 is 1.12 bits per heavy atom. The van der Waals surface area contributed by atoms with Crippen LogP contribution in [0.25, 0.3) is 11.1 Å². The molecule has 0 aliphatic carbocycles. The minimum atomic E-state index is -0.346. The number of piperidine rings is 3. The molecular weight excluding hydrogens is 312 g/mol. The van der Waals surface area contributed by atoms with E-state index in [0.717, 1.165) is 54.9 Å². The fourth-order valence-electron chi connectivity index (χ4n) is 3.95. The van der Waals surface area contributed by atoms with Gasteiger partial charge in [-0.2, -0.15) is 0 Å². The highest BCUT2D eigenvalue weighted by molar-refractivity contribution is 5.91. The summed E-state index contributed by atoms with van der Waals surface area (Å²) < 4.78 is 5.77. The Bertz CT molecular complexity index is 752. The number of nitrogens with one attached hydrogen (secondary N) is 1. The summed E-state index contributed by atoms with van der Waals surface area (Å²) in [7, 11) is 0. The Morgan fingerprint density at radius 2 is 1.88 bits per heavy atom. The molecule has 0 saturated carbocycles. The van der Waals surface area contributed by atoms with Gasteiger partial charge in [-0.25, -0.2) is 4.79 Å². The third-order valence-electron chi connectivity index (χ3n) is 5.35. The first-order valence-corrected chi connectivity index (χ1v) is 9.05. The number of benzene rings is 2. The van der Waals surface area contributed by atoms with Crippen molar-refractivity contribution in [1.29, 1.82) is 0 Å². The Balaban J connectivity index is 1.50. The zero-order chi connectivity index (χ0) is 17.2. The van der Waals surface area contributed by atoms with Gasteiger partial charge < -0.3 is 4.74 Å². The van der Waals surface area contributed by atoms with Crippen molar-refractivity contribution in [3.8, 4) is 11.1 Å². The molecule has 4 nitrogen and oxygen atoms in total. The molecule has 1 N–H and O–H groups in total. The second-order valence-corrected chi connectivity index (χ2v) is 7.12. The van der Waals surface area contributed by atoms with Gasteiger partial charge in [-0.05, 0) is 56.0 Å². The lowest BCUT2D eigenvalue weighted by atomic mass is 9.86. The number of anilines is 1. The van der Waals surface area contributed by atoms with Gasteiger partial charge in [-0.15, -0.1) is 0 Å². The molecule has 0 aromatic heterocycles. The molecule has 3 heterocycles. The molecule has 130 valence electrons. The predicted molar refractivity (Wildman–Crippen MR) is 99.7 cm³/mol. The monoisotopic (exact) mass is 336 g/mol. The molecule has 4 heteroatoms. The average Bonchev–Trinajstić information content (AvgIpc) is 2.63. The molecule has 2 bridgehead atoms. The standard InChI is InChI=1S/C21H24N2O2/c1-15-7-8-18(16-5-3-2-4-6-16)19(13-15)22-21(24)25-20-14-23-11-9-17(20)10-12-23/h2-8,13,17,20H,9-12,14H2,1H3,(H,22,24). The van der Waals surface area contributed by atoms with E-state index in [2.05, 4.69) is 34.5 Å². The van der Waals surface area contributed by atoms with Crippen LogP contribution in [0.4, 0.5) is 10.5 Å². The van der Waals surface area contributed by atoms with E-state index in [9.17, 15) is 4.79 Å². The summed E-state index contributed by atoms with van der Waals surface area (Å²) in [6, 6.07) is 16.2. The summed E-state index contributed by atoms with van der Waals surface area (Å²) in [4.78, 5) is 14.9. The van der Waals surface area contributed by atoms with Crippen LogP contribution in [0, 0.1) is 12.8 Å². The highest BCUT2D eigenvalue weighted by Gasteiger charge is 2.36. The van der Waals surface area contributed by atoms with E-state index in [-0.39, 0.29) is 12.2 Å². The number of carbonyl (C=O) groups excluding carboxylic acids is 1. The molecule has 5 rings (SSSR count). The predicted octanol–water partition coefficient (Wildman–Crippen LogP) is 4.30. The van der Waals surface area contributed by atoms with Crippen LogP contribution in [0.5, 0.6) is 0 Å². The molecule has 1 unspecified atom stereocenters. The van der Waals surface area contributed by atoms with Crippen molar-refractivity contribution < 1.29 is 9.53 Å². The zero-order valence-corrected chi connectivity index (χ0v) is 14.6. The molecule has 1 atom stereocenters. The maximum Gasteiger partial charge on any atom is 0.411 e. The van der Waals surface area contributed by atoms with Crippen molar-refractivity contribution >= 4 is 11.8 Å². The van der Waals surface area contributed by atoms with Crippen LogP contribution in [0.3, 0.4) is 0 Å². The minimum absolute atomic E-state index is 0.0208. The number of carbonyl (C=O) groups is 1. The number of amides is 1. The summed E-state index contributed by atoms with van der Waals surface area (Å²) in [6.07, 6.45) is 1.95. The number of hydrogen-bond donors (Lipinski definition) is 1. The Kier molecular flexibility index (Phi) is 4.45. The average molecular weight is 336 g/mol. The lowest BCUT2D eigenvalue weighted by molar-refractivity contribution is -0.0289. The molecule has 25 heavy (non-hydrogen) atoms. The van der Waals surface area contributed by atoms with Crippen molar-refractivity contribution in [3.63, 3.8) is 0 Å². The molecular formula is C21H24N2O2. The van der Waals surface area contributed by atoms with Crippen molar-refractivity contribution in [3.05, 3.63) is 54.1 Å². The van der Waals surface area contributed by atoms with Crippen LogP contribution in [0.2, 0.25) is 0 Å². The number of hydrogen-bond acceptors (Lipinski definition) is 3. The maximum atomic E-state index is 12.5. The molecule has 3 aliphatic heterocycles. The van der Waals surface area contributed by atoms with Gasteiger partial charge in [0.1, 0.15) is 6.10 Å². The molecule has 3 aliphatic rings. The fraction of sp³-hybridized carbons (Fsp3) is 0.381. The van der Waals surface area contributed by atoms with E-state index in [1.807, 2.05) is 31.2 Å². The van der Waals surface area contributed by atoms with Crippen LogP contribution in [-0.2, 0) is 4.74 Å². The second kappa shape index (κ2) is 6.89. The molecule has 0 spiro atoms. The molecule has 2 aromatic carbocycles. The van der Waals surface area contributed by atoms with Crippen molar-refractivity contribution in [2.45, 2.75) is 25.9 Å². The molecule has 1 amide bonds. The van der Waals surface area contributed by atoms with Gasteiger partial charge in [0.2, 0.25) is 0 Å². The SMILES string of the molecule is Cc1ccc(-c2ccccc2)c(NC(=O)OC2CN3CCC2CC3)c1. The summed E-state index contributed by atoms with van der Waals surface area (Å²) >= 11 is 0. The van der Waals surface area contributed by atoms with Gasteiger partial charge in [0, 0.05) is 12.1 Å². The van der Waals surface area contributed by atoms with Gasteiger partial charge in [-0.3, -0.25) is 10.2 Å².